The van der Waals surface area contributed by atoms with E-state index in [2.05, 4.69) is 10.2 Å². The fourth-order valence-electron chi connectivity index (χ4n) is 5.49. The summed E-state index contributed by atoms with van der Waals surface area (Å²) in [5.74, 6) is 0.820. The summed E-state index contributed by atoms with van der Waals surface area (Å²) < 4.78 is 11.6. The van der Waals surface area contributed by atoms with Crippen molar-refractivity contribution in [3.8, 4) is 11.5 Å². The minimum absolute atomic E-state index is 0.0102. The standard InChI is InChI=1S/C34H38N4O5/c1-4-38-29(23-36-18-20-37(21-19-36)32(39)25-16-14-24(3)15-17-25)30(33(40)42-5-2)31(35-34(38)41)26-10-9-13-28(22-26)43-27-11-7-6-8-12-27/h6-17,22,31H,4-5,18-21,23H2,1-3H3,(H,35,41). The molecule has 3 aromatic rings. The monoisotopic (exact) mass is 582 g/mol. The van der Waals surface area contributed by atoms with Crippen molar-refractivity contribution < 1.29 is 23.9 Å². The van der Waals surface area contributed by atoms with E-state index in [9.17, 15) is 14.4 Å². The van der Waals surface area contributed by atoms with Crippen LogP contribution in [0.2, 0.25) is 0 Å². The number of hydrogen-bond donors (Lipinski definition) is 1. The van der Waals surface area contributed by atoms with E-state index in [-0.39, 0.29) is 18.5 Å². The second-order valence-electron chi connectivity index (χ2n) is 10.6. The van der Waals surface area contributed by atoms with Crippen LogP contribution >= 0.6 is 0 Å². The second-order valence-corrected chi connectivity index (χ2v) is 10.6. The molecule has 2 heterocycles. The van der Waals surface area contributed by atoms with Gasteiger partial charge in [-0.1, -0.05) is 48.0 Å². The van der Waals surface area contributed by atoms with Crippen molar-refractivity contribution in [2.45, 2.75) is 26.8 Å². The van der Waals surface area contributed by atoms with Crippen LogP contribution in [0.15, 0.2) is 90.1 Å². The van der Waals surface area contributed by atoms with Crippen molar-refractivity contribution in [3.63, 3.8) is 0 Å². The number of carbonyl (C=O) groups excluding carboxylic acids is 3. The highest BCUT2D eigenvalue weighted by Gasteiger charge is 2.39. The number of ether oxygens (including phenoxy) is 2. The summed E-state index contributed by atoms with van der Waals surface area (Å²) in [4.78, 5) is 45.7. The predicted octanol–water partition coefficient (Wildman–Crippen LogP) is 5.15. The lowest BCUT2D eigenvalue weighted by Crippen LogP contribution is -2.53. The Morgan fingerprint density at radius 3 is 2.26 bits per heavy atom. The molecule has 1 N–H and O–H groups in total. The topological polar surface area (TPSA) is 91.4 Å². The second kappa shape index (κ2) is 13.6. The number of piperazine rings is 1. The predicted molar refractivity (Wildman–Crippen MR) is 164 cm³/mol. The molecule has 0 bridgehead atoms. The maximum atomic E-state index is 13.5. The lowest BCUT2D eigenvalue weighted by molar-refractivity contribution is -0.139. The maximum Gasteiger partial charge on any atom is 0.338 e. The highest BCUT2D eigenvalue weighted by Crippen LogP contribution is 2.34. The summed E-state index contributed by atoms with van der Waals surface area (Å²) in [6.45, 7) is 8.95. The molecular weight excluding hydrogens is 544 g/mol. The SMILES string of the molecule is CCOC(=O)C1=C(CN2CCN(C(=O)c3ccc(C)cc3)CC2)N(CC)C(=O)NC1c1cccc(Oc2ccccc2)c1. The summed E-state index contributed by atoms with van der Waals surface area (Å²) in [6.07, 6.45) is 0. The summed E-state index contributed by atoms with van der Waals surface area (Å²) in [5, 5.41) is 3.03. The van der Waals surface area contributed by atoms with Gasteiger partial charge < -0.3 is 19.7 Å². The molecule has 0 saturated carbocycles. The summed E-state index contributed by atoms with van der Waals surface area (Å²) in [6, 6.07) is 23.5. The normalized spacial score (nSPS) is 17.5. The van der Waals surface area contributed by atoms with Crippen LogP contribution in [-0.4, -0.2) is 78.5 Å². The van der Waals surface area contributed by atoms with E-state index in [1.807, 2.05) is 97.6 Å². The van der Waals surface area contributed by atoms with Gasteiger partial charge in [0.15, 0.2) is 0 Å². The first kappa shape index (κ1) is 29.8. The average Bonchev–Trinajstić information content (AvgIpc) is 3.02. The van der Waals surface area contributed by atoms with Crippen LogP contribution < -0.4 is 10.1 Å². The van der Waals surface area contributed by atoms with E-state index < -0.39 is 12.0 Å². The van der Waals surface area contributed by atoms with Crippen molar-refractivity contribution in [1.82, 2.24) is 20.0 Å². The van der Waals surface area contributed by atoms with E-state index in [4.69, 9.17) is 9.47 Å². The van der Waals surface area contributed by atoms with Crippen molar-refractivity contribution in [1.29, 1.82) is 0 Å². The molecule has 3 aromatic carbocycles. The molecular formula is C34H38N4O5. The Hall–Kier alpha value is -4.63. The number of para-hydroxylation sites is 1. The Labute approximate surface area is 252 Å². The number of carbonyl (C=O) groups is 3. The number of nitrogens with zero attached hydrogens (tertiary/aromatic N) is 3. The highest BCUT2D eigenvalue weighted by molar-refractivity contribution is 5.95. The Balaban J connectivity index is 1.41. The average molecular weight is 583 g/mol. The molecule has 3 amide bonds. The van der Waals surface area contributed by atoms with Gasteiger partial charge in [0.2, 0.25) is 0 Å². The molecule has 0 aromatic heterocycles. The zero-order valence-corrected chi connectivity index (χ0v) is 24.9. The van der Waals surface area contributed by atoms with Gasteiger partial charge in [0.25, 0.3) is 5.91 Å². The van der Waals surface area contributed by atoms with Crippen LogP contribution in [0.1, 0.15) is 41.4 Å². The van der Waals surface area contributed by atoms with Crippen LogP contribution in [-0.2, 0) is 9.53 Å². The molecule has 2 aliphatic heterocycles. The summed E-state index contributed by atoms with van der Waals surface area (Å²) >= 11 is 0. The number of nitrogens with one attached hydrogen (secondary N) is 1. The fraction of sp³-hybridized carbons (Fsp3) is 0.324. The van der Waals surface area contributed by atoms with Gasteiger partial charge in [0.05, 0.1) is 18.2 Å². The number of urea groups is 1. The number of benzene rings is 3. The van der Waals surface area contributed by atoms with E-state index >= 15 is 0 Å². The van der Waals surface area contributed by atoms with Crippen LogP contribution in [0.4, 0.5) is 4.79 Å². The van der Waals surface area contributed by atoms with Crippen LogP contribution in [0, 0.1) is 6.92 Å². The minimum atomic E-state index is -0.715. The van der Waals surface area contributed by atoms with E-state index in [0.717, 1.165) is 5.56 Å². The third-order valence-corrected chi connectivity index (χ3v) is 7.75. The van der Waals surface area contributed by atoms with E-state index in [0.29, 0.717) is 73.2 Å². The maximum absolute atomic E-state index is 13.5. The van der Waals surface area contributed by atoms with E-state index in [1.165, 1.54) is 0 Å². The molecule has 1 saturated heterocycles. The number of likely N-dealkylation sites (N-methyl/N-ethyl adjacent to an activating group) is 1. The van der Waals surface area contributed by atoms with Crippen LogP contribution in [0.5, 0.6) is 11.5 Å². The molecule has 9 nitrogen and oxygen atoms in total. The quantitative estimate of drug-likeness (QED) is 0.351. The minimum Gasteiger partial charge on any atom is -0.463 e. The Kier molecular flexibility index (Phi) is 9.41. The number of hydrogen-bond acceptors (Lipinski definition) is 6. The van der Waals surface area contributed by atoms with Gasteiger partial charge in [-0.15, -0.1) is 0 Å². The zero-order valence-electron chi connectivity index (χ0n) is 24.9. The van der Waals surface area contributed by atoms with Gasteiger partial charge in [-0.05, 0) is 62.7 Å². The third-order valence-electron chi connectivity index (χ3n) is 7.75. The van der Waals surface area contributed by atoms with E-state index in [1.54, 1.807) is 11.8 Å². The first-order chi connectivity index (χ1) is 20.9. The van der Waals surface area contributed by atoms with Gasteiger partial charge in [-0.3, -0.25) is 14.6 Å². The molecule has 43 heavy (non-hydrogen) atoms. The molecule has 1 unspecified atom stereocenters. The molecule has 5 rings (SSSR count). The Morgan fingerprint density at radius 2 is 1.58 bits per heavy atom. The van der Waals surface area contributed by atoms with Gasteiger partial charge in [-0.25, -0.2) is 9.59 Å². The van der Waals surface area contributed by atoms with Crippen molar-refractivity contribution in [2.24, 2.45) is 0 Å². The number of rotatable bonds is 9. The smallest absolute Gasteiger partial charge is 0.338 e. The first-order valence-electron chi connectivity index (χ1n) is 14.8. The highest BCUT2D eigenvalue weighted by atomic mass is 16.5. The van der Waals surface area contributed by atoms with Crippen LogP contribution in [0.3, 0.4) is 0 Å². The number of aryl methyl sites for hydroxylation is 1. The van der Waals surface area contributed by atoms with Crippen molar-refractivity contribution in [2.75, 3.05) is 45.9 Å². The molecule has 224 valence electrons. The van der Waals surface area contributed by atoms with Gasteiger partial charge in [0.1, 0.15) is 11.5 Å². The zero-order chi connectivity index (χ0) is 30.3. The molecule has 0 aliphatic carbocycles. The van der Waals surface area contributed by atoms with Gasteiger partial charge in [0, 0.05) is 50.5 Å². The Bertz CT molecular complexity index is 1480. The first-order valence-corrected chi connectivity index (χ1v) is 14.8. The Morgan fingerprint density at radius 1 is 0.884 bits per heavy atom. The summed E-state index contributed by atoms with van der Waals surface area (Å²) in [7, 11) is 0. The molecule has 9 heteroatoms. The fourth-order valence-corrected chi connectivity index (χ4v) is 5.49. The number of amides is 3. The molecule has 0 radical (unpaired) electrons. The largest absolute Gasteiger partial charge is 0.463 e. The van der Waals surface area contributed by atoms with Crippen LogP contribution in [0.25, 0.3) is 0 Å². The number of esters is 1. The van der Waals surface area contributed by atoms with Crippen molar-refractivity contribution >= 4 is 17.9 Å². The molecule has 1 atom stereocenters. The lowest BCUT2D eigenvalue weighted by atomic mass is 9.94. The lowest BCUT2D eigenvalue weighted by Gasteiger charge is -2.40. The van der Waals surface area contributed by atoms with Gasteiger partial charge >= 0.3 is 12.0 Å². The van der Waals surface area contributed by atoms with Gasteiger partial charge in [-0.2, -0.15) is 0 Å². The third kappa shape index (κ3) is 6.89. The summed E-state index contributed by atoms with van der Waals surface area (Å²) in [5.41, 5.74) is 3.51. The molecule has 0 spiro atoms. The van der Waals surface area contributed by atoms with Crippen molar-refractivity contribution in [3.05, 3.63) is 107 Å². The molecule has 1 fully saturated rings. The molecule has 2 aliphatic rings.